The van der Waals surface area contributed by atoms with Gasteiger partial charge in [-0.1, -0.05) is 34.1 Å². The normalized spacial score (nSPS) is 18.5. The van der Waals surface area contributed by atoms with Gasteiger partial charge in [0.25, 0.3) is 0 Å². The second kappa shape index (κ2) is 5.23. The first-order valence-corrected chi connectivity index (χ1v) is 7.57. The lowest BCUT2D eigenvalue weighted by atomic mass is 9.98. The minimum atomic E-state index is -0.619. The van der Waals surface area contributed by atoms with Crippen molar-refractivity contribution in [2.24, 2.45) is 0 Å². The SMILES string of the molecule is Cc1ccc(C(O)c2ccc3c(c2)CC(C)O3)c(Br)c1. The first kappa shape index (κ1) is 13.7. The summed E-state index contributed by atoms with van der Waals surface area (Å²) in [7, 11) is 0. The number of rotatable bonds is 2. The highest BCUT2D eigenvalue weighted by atomic mass is 79.9. The average molecular weight is 333 g/mol. The topological polar surface area (TPSA) is 29.5 Å². The number of fused-ring (bicyclic) bond motifs is 1. The number of benzene rings is 2. The van der Waals surface area contributed by atoms with E-state index in [9.17, 15) is 5.11 Å². The van der Waals surface area contributed by atoms with Crippen LogP contribution in [0.15, 0.2) is 40.9 Å². The van der Waals surface area contributed by atoms with E-state index in [-0.39, 0.29) is 6.10 Å². The van der Waals surface area contributed by atoms with Gasteiger partial charge in [-0.2, -0.15) is 0 Å². The number of halogens is 1. The van der Waals surface area contributed by atoms with E-state index in [1.54, 1.807) is 0 Å². The summed E-state index contributed by atoms with van der Waals surface area (Å²) in [4.78, 5) is 0. The summed E-state index contributed by atoms with van der Waals surface area (Å²) < 4.78 is 6.64. The van der Waals surface area contributed by atoms with Crippen LogP contribution in [-0.2, 0) is 6.42 Å². The molecule has 0 spiro atoms. The largest absolute Gasteiger partial charge is 0.490 e. The Labute approximate surface area is 127 Å². The van der Waals surface area contributed by atoms with Gasteiger partial charge in [0.1, 0.15) is 18.0 Å². The van der Waals surface area contributed by atoms with Crippen LogP contribution in [0.3, 0.4) is 0 Å². The molecule has 2 aromatic rings. The third-order valence-electron chi connectivity index (χ3n) is 3.69. The second-order valence-electron chi connectivity index (χ2n) is 5.43. The van der Waals surface area contributed by atoms with Crippen LogP contribution < -0.4 is 4.74 Å². The fourth-order valence-electron chi connectivity index (χ4n) is 2.65. The van der Waals surface area contributed by atoms with Gasteiger partial charge in [-0.25, -0.2) is 0 Å². The van der Waals surface area contributed by atoms with Crippen molar-refractivity contribution in [2.45, 2.75) is 32.5 Å². The summed E-state index contributed by atoms with van der Waals surface area (Å²) in [6.07, 6.45) is 0.514. The highest BCUT2D eigenvalue weighted by Crippen LogP contribution is 2.34. The summed E-state index contributed by atoms with van der Waals surface area (Å²) in [5, 5.41) is 10.6. The Bertz CT molecular complexity index is 651. The zero-order chi connectivity index (χ0) is 14.3. The van der Waals surface area contributed by atoms with E-state index in [0.29, 0.717) is 0 Å². The van der Waals surface area contributed by atoms with Gasteiger partial charge in [0.15, 0.2) is 0 Å². The molecule has 0 aromatic heterocycles. The van der Waals surface area contributed by atoms with Crippen molar-refractivity contribution >= 4 is 15.9 Å². The number of aliphatic hydroxyl groups excluding tert-OH is 1. The Kier molecular flexibility index (Phi) is 3.57. The van der Waals surface area contributed by atoms with Gasteiger partial charge in [-0.05, 0) is 54.3 Å². The Hall–Kier alpha value is -1.32. The summed E-state index contributed by atoms with van der Waals surface area (Å²) in [5.74, 6) is 0.941. The molecule has 1 aliphatic heterocycles. The number of aliphatic hydroxyl groups is 1. The number of hydrogen-bond acceptors (Lipinski definition) is 2. The standard InChI is InChI=1S/C17H17BrO2/c1-10-3-5-14(15(18)7-10)17(19)12-4-6-16-13(9-12)8-11(2)20-16/h3-7,9,11,17,19H,8H2,1-2H3. The quantitative estimate of drug-likeness (QED) is 0.894. The second-order valence-corrected chi connectivity index (χ2v) is 6.28. The number of aryl methyl sites for hydroxylation is 1. The molecule has 0 radical (unpaired) electrons. The molecule has 1 aliphatic rings. The lowest BCUT2D eigenvalue weighted by Gasteiger charge is -2.14. The zero-order valence-corrected chi connectivity index (χ0v) is 13.1. The maximum absolute atomic E-state index is 10.6. The summed E-state index contributed by atoms with van der Waals surface area (Å²) >= 11 is 3.53. The lowest BCUT2D eigenvalue weighted by molar-refractivity contribution is 0.219. The van der Waals surface area contributed by atoms with Gasteiger partial charge in [-0.15, -0.1) is 0 Å². The smallest absolute Gasteiger partial charge is 0.123 e. The minimum absolute atomic E-state index is 0.225. The molecule has 0 saturated carbocycles. The van der Waals surface area contributed by atoms with Gasteiger partial charge in [0, 0.05) is 10.9 Å². The molecule has 2 atom stereocenters. The van der Waals surface area contributed by atoms with Crippen molar-refractivity contribution in [1.29, 1.82) is 0 Å². The van der Waals surface area contributed by atoms with E-state index in [0.717, 1.165) is 27.8 Å². The molecular weight excluding hydrogens is 316 g/mol. The Balaban J connectivity index is 1.95. The molecule has 2 nitrogen and oxygen atoms in total. The van der Waals surface area contributed by atoms with Crippen LogP contribution in [0.2, 0.25) is 0 Å². The maximum Gasteiger partial charge on any atom is 0.123 e. The first-order chi connectivity index (χ1) is 9.54. The van der Waals surface area contributed by atoms with E-state index in [2.05, 4.69) is 28.9 Å². The van der Waals surface area contributed by atoms with E-state index < -0.39 is 6.10 Å². The maximum atomic E-state index is 10.6. The Morgan fingerprint density at radius 1 is 1.25 bits per heavy atom. The van der Waals surface area contributed by atoms with Crippen molar-refractivity contribution in [3.63, 3.8) is 0 Å². The van der Waals surface area contributed by atoms with Gasteiger partial charge < -0.3 is 9.84 Å². The lowest BCUT2D eigenvalue weighted by Crippen LogP contribution is -2.05. The molecule has 104 valence electrons. The number of ether oxygens (including phenoxy) is 1. The molecule has 0 bridgehead atoms. The zero-order valence-electron chi connectivity index (χ0n) is 11.6. The third kappa shape index (κ3) is 2.48. The molecule has 2 unspecified atom stereocenters. The van der Waals surface area contributed by atoms with Crippen molar-refractivity contribution in [3.05, 3.63) is 63.1 Å². The third-order valence-corrected chi connectivity index (χ3v) is 4.37. The van der Waals surface area contributed by atoms with Crippen LogP contribution in [0.5, 0.6) is 5.75 Å². The molecule has 20 heavy (non-hydrogen) atoms. The van der Waals surface area contributed by atoms with Crippen LogP contribution in [0.1, 0.15) is 35.3 Å². The summed E-state index contributed by atoms with van der Waals surface area (Å²) in [6, 6.07) is 12.0. The molecule has 1 heterocycles. The molecule has 2 aromatic carbocycles. The van der Waals surface area contributed by atoms with Crippen LogP contribution in [0.25, 0.3) is 0 Å². The van der Waals surface area contributed by atoms with Crippen molar-refractivity contribution in [2.75, 3.05) is 0 Å². The van der Waals surface area contributed by atoms with Crippen molar-refractivity contribution in [3.8, 4) is 5.75 Å². The summed E-state index contributed by atoms with van der Waals surface area (Å²) in [5.41, 5.74) is 4.15. The van der Waals surface area contributed by atoms with E-state index in [4.69, 9.17) is 4.74 Å². The molecule has 3 heteroatoms. The monoisotopic (exact) mass is 332 g/mol. The van der Waals surface area contributed by atoms with Gasteiger partial charge in [-0.3, -0.25) is 0 Å². The molecule has 0 fully saturated rings. The highest BCUT2D eigenvalue weighted by Gasteiger charge is 2.21. The fraction of sp³-hybridized carbons (Fsp3) is 0.294. The Morgan fingerprint density at radius 2 is 2.05 bits per heavy atom. The fourth-order valence-corrected chi connectivity index (χ4v) is 3.36. The van der Waals surface area contributed by atoms with Crippen LogP contribution in [0, 0.1) is 6.92 Å². The van der Waals surface area contributed by atoms with E-state index in [1.165, 1.54) is 11.1 Å². The van der Waals surface area contributed by atoms with Crippen LogP contribution in [-0.4, -0.2) is 11.2 Å². The molecule has 0 aliphatic carbocycles. The predicted molar refractivity (Wildman–Crippen MR) is 83.2 cm³/mol. The van der Waals surface area contributed by atoms with Crippen molar-refractivity contribution < 1.29 is 9.84 Å². The number of hydrogen-bond donors (Lipinski definition) is 1. The molecule has 0 amide bonds. The molecule has 0 saturated heterocycles. The van der Waals surface area contributed by atoms with Crippen molar-refractivity contribution in [1.82, 2.24) is 0 Å². The predicted octanol–water partition coefficient (Wildman–Crippen LogP) is 4.16. The van der Waals surface area contributed by atoms with Crippen LogP contribution >= 0.6 is 15.9 Å². The highest BCUT2D eigenvalue weighted by molar-refractivity contribution is 9.10. The first-order valence-electron chi connectivity index (χ1n) is 6.78. The summed E-state index contributed by atoms with van der Waals surface area (Å²) in [6.45, 7) is 4.10. The van der Waals surface area contributed by atoms with Gasteiger partial charge in [0.2, 0.25) is 0 Å². The molecule has 1 N–H and O–H groups in total. The van der Waals surface area contributed by atoms with Crippen LogP contribution in [0.4, 0.5) is 0 Å². The Morgan fingerprint density at radius 3 is 2.80 bits per heavy atom. The van der Waals surface area contributed by atoms with Gasteiger partial charge in [0.05, 0.1) is 0 Å². The van der Waals surface area contributed by atoms with Gasteiger partial charge >= 0.3 is 0 Å². The molecular formula is C17H17BrO2. The minimum Gasteiger partial charge on any atom is -0.490 e. The molecule has 3 rings (SSSR count). The van der Waals surface area contributed by atoms with E-state index >= 15 is 0 Å². The average Bonchev–Trinajstić information content (AvgIpc) is 2.77. The van der Waals surface area contributed by atoms with E-state index in [1.807, 2.05) is 37.3 Å².